The van der Waals surface area contributed by atoms with Gasteiger partial charge < -0.3 is 0 Å². The van der Waals surface area contributed by atoms with Crippen LogP contribution < -0.4 is 0 Å². The molecule has 12 rings (SSSR count). The summed E-state index contributed by atoms with van der Waals surface area (Å²) in [4.78, 5) is 0. The molecule has 1 heteroatoms. The van der Waals surface area contributed by atoms with Gasteiger partial charge in [-0.2, -0.15) is 0 Å². The standard InChI is InChI=1S/C55H36S/c1-55(2)48-22-12-11-17-40(48)46-32-47-45-30-37-15-5-6-16-38(37)31-49(45)56-54(47)52(53(46)55)35-26-24-34(25-27-35)50-41-18-7-9-20-43(41)51(44-21-10-8-19-42(44)50)39-28-23-33-13-3-4-14-36(33)29-39/h3-32H,1-2H3. The molecule has 10 aromatic carbocycles. The Labute approximate surface area is 329 Å². The predicted octanol–water partition coefficient (Wildman–Crippen LogP) is 16.0. The van der Waals surface area contributed by atoms with Crippen molar-refractivity contribution < 1.29 is 0 Å². The molecule has 0 radical (unpaired) electrons. The minimum Gasteiger partial charge on any atom is -0.134 e. The highest BCUT2D eigenvalue weighted by Crippen LogP contribution is 2.57. The molecule has 1 aliphatic rings. The second-order valence-corrected chi connectivity index (χ2v) is 17.1. The van der Waals surface area contributed by atoms with E-state index in [1.807, 2.05) is 11.3 Å². The average Bonchev–Trinajstić information content (AvgIpc) is 3.71. The number of rotatable bonds is 3. The fourth-order valence-electron chi connectivity index (χ4n) is 10.0. The Morgan fingerprint density at radius 1 is 0.357 bits per heavy atom. The molecule has 0 bridgehead atoms. The Morgan fingerprint density at radius 2 is 0.857 bits per heavy atom. The Hall–Kier alpha value is -6.54. The first-order valence-corrected chi connectivity index (χ1v) is 20.4. The number of hydrogen-bond donors (Lipinski definition) is 0. The molecular formula is C55H36S. The topological polar surface area (TPSA) is 0 Å². The van der Waals surface area contributed by atoms with E-state index in [4.69, 9.17) is 0 Å². The van der Waals surface area contributed by atoms with Gasteiger partial charge in [-0.25, -0.2) is 0 Å². The van der Waals surface area contributed by atoms with Crippen molar-refractivity contribution in [3.05, 3.63) is 193 Å². The molecular weight excluding hydrogens is 693 g/mol. The van der Waals surface area contributed by atoms with Crippen LogP contribution in [0, 0.1) is 0 Å². The minimum absolute atomic E-state index is 0.139. The van der Waals surface area contributed by atoms with E-state index >= 15 is 0 Å². The third-order valence-electron chi connectivity index (χ3n) is 12.6. The molecule has 11 aromatic rings. The highest BCUT2D eigenvalue weighted by Gasteiger charge is 2.39. The van der Waals surface area contributed by atoms with Crippen LogP contribution in [0.1, 0.15) is 25.0 Å². The van der Waals surface area contributed by atoms with Crippen LogP contribution in [0.4, 0.5) is 0 Å². The van der Waals surface area contributed by atoms with Crippen molar-refractivity contribution in [3.63, 3.8) is 0 Å². The number of benzene rings is 10. The maximum atomic E-state index is 2.50. The molecule has 0 spiro atoms. The van der Waals surface area contributed by atoms with E-state index in [-0.39, 0.29) is 5.41 Å². The van der Waals surface area contributed by atoms with Crippen LogP contribution in [0.5, 0.6) is 0 Å². The van der Waals surface area contributed by atoms with Crippen LogP contribution in [0.3, 0.4) is 0 Å². The Bertz CT molecular complexity index is 3370. The monoisotopic (exact) mass is 728 g/mol. The van der Waals surface area contributed by atoms with E-state index in [2.05, 4.69) is 196 Å². The van der Waals surface area contributed by atoms with Gasteiger partial charge in [0.1, 0.15) is 0 Å². The first-order valence-electron chi connectivity index (χ1n) is 19.6. The van der Waals surface area contributed by atoms with Crippen molar-refractivity contribution in [2.24, 2.45) is 0 Å². The highest BCUT2D eigenvalue weighted by atomic mass is 32.1. The van der Waals surface area contributed by atoms with Crippen molar-refractivity contribution >= 4 is 74.6 Å². The summed E-state index contributed by atoms with van der Waals surface area (Å²) in [5.74, 6) is 0. The predicted molar refractivity (Wildman–Crippen MR) is 243 cm³/mol. The van der Waals surface area contributed by atoms with Crippen molar-refractivity contribution in [3.8, 4) is 44.5 Å². The van der Waals surface area contributed by atoms with Crippen molar-refractivity contribution in [1.82, 2.24) is 0 Å². The number of thiophene rings is 1. The van der Waals surface area contributed by atoms with Crippen LogP contribution in [-0.2, 0) is 5.41 Å². The smallest absolute Gasteiger partial charge is 0.0437 e. The van der Waals surface area contributed by atoms with Gasteiger partial charge in [0.05, 0.1) is 0 Å². The second-order valence-electron chi connectivity index (χ2n) is 16.0. The van der Waals surface area contributed by atoms with Crippen molar-refractivity contribution in [1.29, 1.82) is 0 Å². The van der Waals surface area contributed by atoms with Crippen LogP contribution in [-0.4, -0.2) is 0 Å². The lowest BCUT2D eigenvalue weighted by Crippen LogP contribution is -2.16. The van der Waals surface area contributed by atoms with Gasteiger partial charge in [-0.1, -0.05) is 172 Å². The third kappa shape index (κ3) is 4.47. The molecule has 0 amide bonds. The SMILES string of the molecule is CC1(C)c2ccccc2-c2cc3c(sc4cc5ccccc5cc43)c(-c3ccc(-c4c5ccccc5c(-c5ccc6ccccc6c5)c5ccccc45)cc3)c21. The number of hydrogen-bond acceptors (Lipinski definition) is 1. The van der Waals surface area contributed by atoms with Crippen molar-refractivity contribution in [2.75, 3.05) is 0 Å². The molecule has 56 heavy (non-hydrogen) atoms. The van der Waals surface area contributed by atoms with E-state index in [0.29, 0.717) is 0 Å². The Morgan fingerprint density at radius 3 is 1.52 bits per heavy atom. The molecule has 0 unspecified atom stereocenters. The van der Waals surface area contributed by atoms with E-state index in [1.54, 1.807) is 0 Å². The summed E-state index contributed by atoms with van der Waals surface area (Å²) in [5.41, 5.74) is 13.1. The molecule has 1 aliphatic carbocycles. The maximum absolute atomic E-state index is 2.50. The van der Waals surface area contributed by atoms with Crippen LogP contribution in [0.15, 0.2) is 182 Å². The first-order chi connectivity index (χ1) is 27.5. The summed E-state index contributed by atoms with van der Waals surface area (Å²) in [6.07, 6.45) is 0. The maximum Gasteiger partial charge on any atom is 0.0437 e. The molecule has 0 aliphatic heterocycles. The lowest BCUT2D eigenvalue weighted by molar-refractivity contribution is 0.663. The van der Waals surface area contributed by atoms with Crippen LogP contribution in [0.25, 0.3) is 108 Å². The van der Waals surface area contributed by atoms with Gasteiger partial charge >= 0.3 is 0 Å². The normalized spacial score (nSPS) is 13.3. The van der Waals surface area contributed by atoms with Crippen molar-refractivity contribution in [2.45, 2.75) is 19.3 Å². The first kappa shape index (κ1) is 31.8. The fraction of sp³-hybridized carbons (Fsp3) is 0.0545. The highest BCUT2D eigenvalue weighted by molar-refractivity contribution is 7.26. The zero-order valence-corrected chi connectivity index (χ0v) is 32.0. The van der Waals surface area contributed by atoms with Gasteiger partial charge in [-0.05, 0) is 117 Å². The lowest BCUT2D eigenvalue weighted by atomic mass is 9.78. The summed E-state index contributed by atoms with van der Waals surface area (Å²) in [7, 11) is 0. The third-order valence-corrected chi connectivity index (χ3v) is 13.8. The summed E-state index contributed by atoms with van der Waals surface area (Å²) in [5, 5.41) is 12.9. The summed E-state index contributed by atoms with van der Waals surface area (Å²) < 4.78 is 2.72. The van der Waals surface area contributed by atoms with Gasteiger partial charge in [0.25, 0.3) is 0 Å². The fourth-order valence-corrected chi connectivity index (χ4v) is 11.3. The van der Waals surface area contributed by atoms with Gasteiger partial charge in [0, 0.05) is 31.2 Å². The largest absolute Gasteiger partial charge is 0.134 e. The van der Waals surface area contributed by atoms with E-state index in [9.17, 15) is 0 Å². The Balaban J connectivity index is 1.10. The van der Waals surface area contributed by atoms with E-state index in [1.165, 1.54) is 119 Å². The molecule has 1 aromatic heterocycles. The number of fused-ring (bicyclic) bond motifs is 10. The molecule has 0 nitrogen and oxygen atoms in total. The van der Waals surface area contributed by atoms with Gasteiger partial charge in [-0.3, -0.25) is 0 Å². The molecule has 0 saturated carbocycles. The van der Waals surface area contributed by atoms with E-state index < -0.39 is 0 Å². The van der Waals surface area contributed by atoms with Gasteiger partial charge in [0.15, 0.2) is 0 Å². The summed E-state index contributed by atoms with van der Waals surface area (Å²) in [6.45, 7) is 4.83. The molecule has 0 N–H and O–H groups in total. The molecule has 1 heterocycles. The Kier molecular flexibility index (Phi) is 6.66. The van der Waals surface area contributed by atoms with Crippen LogP contribution in [0.2, 0.25) is 0 Å². The minimum atomic E-state index is -0.139. The van der Waals surface area contributed by atoms with Gasteiger partial charge in [-0.15, -0.1) is 11.3 Å². The zero-order chi connectivity index (χ0) is 37.1. The molecule has 0 atom stereocenters. The molecule has 0 fully saturated rings. The average molecular weight is 729 g/mol. The summed E-state index contributed by atoms with van der Waals surface area (Å²) >= 11 is 1.95. The van der Waals surface area contributed by atoms with E-state index in [0.717, 1.165) is 0 Å². The second kappa shape index (κ2) is 11.7. The summed E-state index contributed by atoms with van der Waals surface area (Å²) in [6, 6.07) is 68.2. The van der Waals surface area contributed by atoms with Crippen LogP contribution >= 0.6 is 11.3 Å². The lowest BCUT2D eigenvalue weighted by Gasteiger charge is -2.25. The van der Waals surface area contributed by atoms with Gasteiger partial charge in [0.2, 0.25) is 0 Å². The zero-order valence-electron chi connectivity index (χ0n) is 31.2. The quantitative estimate of drug-likeness (QED) is 0.159. The molecule has 262 valence electrons. The molecule has 0 saturated heterocycles.